The molecular formula is C24H33N3O2. The van der Waals surface area contributed by atoms with Gasteiger partial charge >= 0.3 is 0 Å². The number of para-hydroxylation sites is 2. The lowest BCUT2D eigenvalue weighted by atomic mass is 10.0. The lowest BCUT2D eigenvalue weighted by Crippen LogP contribution is -2.49. The SMILES string of the molecule is CCOc1ccccc1N1CCN(CC(=O)N[C@H](CC)c2ccc(C)cc2)CC1. The van der Waals surface area contributed by atoms with Gasteiger partial charge in [0.25, 0.3) is 0 Å². The molecule has 0 spiro atoms. The minimum absolute atomic E-state index is 0.0717. The molecule has 2 aromatic carbocycles. The van der Waals surface area contributed by atoms with Crippen LogP contribution < -0.4 is 15.0 Å². The molecule has 1 heterocycles. The molecule has 1 fully saturated rings. The summed E-state index contributed by atoms with van der Waals surface area (Å²) in [7, 11) is 0. The van der Waals surface area contributed by atoms with Crippen molar-refractivity contribution in [2.45, 2.75) is 33.2 Å². The van der Waals surface area contributed by atoms with E-state index in [1.807, 2.05) is 25.1 Å². The van der Waals surface area contributed by atoms with Gasteiger partial charge in [0, 0.05) is 26.2 Å². The number of piperazine rings is 1. The lowest BCUT2D eigenvalue weighted by molar-refractivity contribution is -0.123. The van der Waals surface area contributed by atoms with Crippen molar-refractivity contribution in [1.82, 2.24) is 10.2 Å². The first kappa shape index (κ1) is 21.2. The Morgan fingerprint density at radius 3 is 2.38 bits per heavy atom. The molecule has 1 N–H and O–H groups in total. The van der Waals surface area contributed by atoms with Gasteiger partial charge < -0.3 is 15.0 Å². The van der Waals surface area contributed by atoms with Gasteiger partial charge in [0.1, 0.15) is 5.75 Å². The molecule has 5 nitrogen and oxygen atoms in total. The molecule has 156 valence electrons. The van der Waals surface area contributed by atoms with E-state index in [1.165, 1.54) is 11.1 Å². The number of carbonyl (C=O) groups excluding carboxylic acids is 1. The third-order valence-corrected chi connectivity index (χ3v) is 5.47. The smallest absolute Gasteiger partial charge is 0.234 e. The van der Waals surface area contributed by atoms with Crippen molar-refractivity contribution in [2.24, 2.45) is 0 Å². The van der Waals surface area contributed by atoms with Crippen LogP contribution in [0, 0.1) is 6.92 Å². The third kappa shape index (κ3) is 5.73. The summed E-state index contributed by atoms with van der Waals surface area (Å²) in [4.78, 5) is 17.2. The number of aryl methyl sites for hydroxylation is 1. The van der Waals surface area contributed by atoms with Crippen molar-refractivity contribution < 1.29 is 9.53 Å². The molecule has 1 saturated heterocycles. The fraction of sp³-hybridized carbons (Fsp3) is 0.458. The van der Waals surface area contributed by atoms with Crippen molar-refractivity contribution >= 4 is 11.6 Å². The molecule has 0 bridgehead atoms. The summed E-state index contributed by atoms with van der Waals surface area (Å²) < 4.78 is 5.77. The van der Waals surface area contributed by atoms with Crippen molar-refractivity contribution in [1.29, 1.82) is 0 Å². The molecule has 0 aromatic heterocycles. The number of amides is 1. The van der Waals surface area contributed by atoms with Crippen molar-refractivity contribution in [3.63, 3.8) is 0 Å². The van der Waals surface area contributed by atoms with Crippen LogP contribution in [0.15, 0.2) is 48.5 Å². The number of nitrogens with one attached hydrogen (secondary N) is 1. The van der Waals surface area contributed by atoms with Gasteiger partial charge in [0.15, 0.2) is 0 Å². The van der Waals surface area contributed by atoms with Crippen LogP contribution in [0.1, 0.15) is 37.4 Å². The maximum Gasteiger partial charge on any atom is 0.234 e. The number of nitrogens with zero attached hydrogens (tertiary/aromatic N) is 2. The second-order valence-corrected chi connectivity index (χ2v) is 7.60. The molecule has 0 unspecified atom stereocenters. The Hall–Kier alpha value is -2.53. The predicted octanol–water partition coefficient (Wildman–Crippen LogP) is 3.78. The van der Waals surface area contributed by atoms with E-state index in [-0.39, 0.29) is 11.9 Å². The number of hydrogen-bond acceptors (Lipinski definition) is 4. The highest BCUT2D eigenvalue weighted by atomic mass is 16.5. The average molecular weight is 396 g/mol. The maximum atomic E-state index is 12.6. The van der Waals surface area contributed by atoms with Crippen LogP contribution in [0.25, 0.3) is 0 Å². The number of benzene rings is 2. The summed E-state index contributed by atoms with van der Waals surface area (Å²) >= 11 is 0. The van der Waals surface area contributed by atoms with Crippen molar-refractivity contribution in [2.75, 3.05) is 44.2 Å². The monoisotopic (exact) mass is 395 g/mol. The largest absolute Gasteiger partial charge is 0.492 e. The van der Waals surface area contributed by atoms with E-state index in [1.54, 1.807) is 0 Å². The minimum atomic E-state index is 0.0717. The fourth-order valence-corrected chi connectivity index (χ4v) is 3.81. The van der Waals surface area contributed by atoms with E-state index in [0.29, 0.717) is 13.2 Å². The Labute approximate surface area is 174 Å². The summed E-state index contributed by atoms with van der Waals surface area (Å²) in [5.74, 6) is 1.03. The van der Waals surface area contributed by atoms with Gasteiger partial charge in [-0.15, -0.1) is 0 Å². The molecule has 1 aliphatic rings. The van der Waals surface area contributed by atoms with Gasteiger partial charge in [0.2, 0.25) is 5.91 Å². The summed E-state index contributed by atoms with van der Waals surface area (Å²) in [5, 5.41) is 3.20. The van der Waals surface area contributed by atoms with E-state index < -0.39 is 0 Å². The molecule has 1 aliphatic heterocycles. The average Bonchev–Trinajstić information content (AvgIpc) is 2.74. The van der Waals surface area contributed by atoms with Crippen LogP contribution in [0.4, 0.5) is 5.69 Å². The zero-order chi connectivity index (χ0) is 20.6. The number of hydrogen-bond donors (Lipinski definition) is 1. The molecule has 29 heavy (non-hydrogen) atoms. The molecule has 0 radical (unpaired) electrons. The summed E-state index contributed by atoms with van der Waals surface area (Å²) in [5.41, 5.74) is 3.55. The summed E-state index contributed by atoms with van der Waals surface area (Å²) in [6, 6.07) is 16.7. The van der Waals surface area contributed by atoms with Crippen LogP contribution in [0.3, 0.4) is 0 Å². The zero-order valence-corrected chi connectivity index (χ0v) is 17.9. The quantitative estimate of drug-likeness (QED) is 0.739. The highest BCUT2D eigenvalue weighted by Crippen LogP contribution is 2.28. The van der Waals surface area contributed by atoms with E-state index in [4.69, 9.17) is 4.74 Å². The predicted molar refractivity (Wildman–Crippen MR) is 119 cm³/mol. The second-order valence-electron chi connectivity index (χ2n) is 7.60. The van der Waals surface area contributed by atoms with E-state index in [2.05, 4.69) is 59.3 Å². The number of ether oxygens (including phenoxy) is 1. The van der Waals surface area contributed by atoms with Gasteiger partial charge in [-0.25, -0.2) is 0 Å². The van der Waals surface area contributed by atoms with Crippen LogP contribution in [-0.2, 0) is 4.79 Å². The number of rotatable bonds is 8. The van der Waals surface area contributed by atoms with Gasteiger partial charge in [-0.2, -0.15) is 0 Å². The fourth-order valence-electron chi connectivity index (χ4n) is 3.81. The van der Waals surface area contributed by atoms with E-state index >= 15 is 0 Å². The highest BCUT2D eigenvalue weighted by Gasteiger charge is 2.22. The zero-order valence-electron chi connectivity index (χ0n) is 17.9. The third-order valence-electron chi connectivity index (χ3n) is 5.47. The second kappa shape index (κ2) is 10.3. The topological polar surface area (TPSA) is 44.8 Å². The first-order valence-corrected chi connectivity index (χ1v) is 10.7. The van der Waals surface area contributed by atoms with Gasteiger partial charge in [-0.3, -0.25) is 9.69 Å². The van der Waals surface area contributed by atoms with Gasteiger partial charge in [0.05, 0.1) is 24.9 Å². The Morgan fingerprint density at radius 2 is 1.72 bits per heavy atom. The molecule has 0 aliphatic carbocycles. The Morgan fingerprint density at radius 1 is 1.03 bits per heavy atom. The summed E-state index contributed by atoms with van der Waals surface area (Å²) in [6.07, 6.45) is 0.886. The minimum Gasteiger partial charge on any atom is -0.492 e. The Bertz CT molecular complexity index is 783. The molecule has 5 heteroatoms. The van der Waals surface area contributed by atoms with Crippen molar-refractivity contribution in [3.05, 3.63) is 59.7 Å². The maximum absolute atomic E-state index is 12.6. The molecule has 1 atom stereocenters. The molecule has 1 amide bonds. The number of anilines is 1. The summed E-state index contributed by atoms with van der Waals surface area (Å²) in [6.45, 7) is 10.8. The normalized spacial score (nSPS) is 15.8. The van der Waals surface area contributed by atoms with Crippen LogP contribution in [-0.4, -0.2) is 50.1 Å². The van der Waals surface area contributed by atoms with Crippen LogP contribution >= 0.6 is 0 Å². The van der Waals surface area contributed by atoms with E-state index in [0.717, 1.165) is 44.0 Å². The van der Waals surface area contributed by atoms with Gasteiger partial charge in [-0.05, 0) is 38.0 Å². The lowest BCUT2D eigenvalue weighted by Gasteiger charge is -2.36. The molecular weight excluding hydrogens is 362 g/mol. The van der Waals surface area contributed by atoms with Crippen LogP contribution in [0.5, 0.6) is 5.75 Å². The standard InChI is InChI=1S/C24H33N3O2/c1-4-21(20-12-10-19(3)11-13-20)25-24(28)18-26-14-16-27(17-15-26)22-8-6-7-9-23(22)29-5-2/h6-13,21H,4-5,14-18H2,1-3H3,(H,25,28)/t21-/m1/s1. The first-order valence-electron chi connectivity index (χ1n) is 10.7. The van der Waals surface area contributed by atoms with Gasteiger partial charge in [-0.1, -0.05) is 48.9 Å². The highest BCUT2D eigenvalue weighted by molar-refractivity contribution is 5.78. The molecule has 2 aromatic rings. The Balaban J connectivity index is 1.51. The molecule has 0 saturated carbocycles. The van der Waals surface area contributed by atoms with E-state index in [9.17, 15) is 4.79 Å². The Kier molecular flexibility index (Phi) is 7.53. The molecule has 3 rings (SSSR count). The van der Waals surface area contributed by atoms with Crippen molar-refractivity contribution in [3.8, 4) is 5.75 Å². The van der Waals surface area contributed by atoms with Crippen LogP contribution in [0.2, 0.25) is 0 Å². The first-order chi connectivity index (χ1) is 14.1. The number of carbonyl (C=O) groups is 1.